The van der Waals surface area contributed by atoms with Gasteiger partial charge in [-0.05, 0) is 93.5 Å². The van der Waals surface area contributed by atoms with E-state index in [0.717, 1.165) is 42.0 Å². The van der Waals surface area contributed by atoms with Crippen LogP contribution in [0.5, 0.6) is 17.4 Å². The normalized spacial score (nSPS) is 19.0. The van der Waals surface area contributed by atoms with E-state index in [9.17, 15) is 19.1 Å². The first-order valence-electron chi connectivity index (χ1n) is 15.4. The maximum atomic E-state index is 14.3. The lowest BCUT2D eigenvalue weighted by Crippen LogP contribution is -2.45. The molecule has 2 aromatic carbocycles. The predicted molar refractivity (Wildman–Crippen MR) is 167 cm³/mol. The molecule has 2 aliphatic rings. The SMILES string of the molecule is CC(C)(C)OC(=O)NC1CCC(NC(=O)c2cc(F)cnc2Oc2cccc(-c3ccc(O)cc3CN3CCOCC3)c2)CC1. The van der Waals surface area contributed by atoms with Crippen LogP contribution in [0.4, 0.5) is 9.18 Å². The molecule has 3 aromatic rings. The molecule has 0 radical (unpaired) electrons. The van der Waals surface area contributed by atoms with Gasteiger partial charge in [0.05, 0.1) is 19.4 Å². The number of aromatic hydroxyl groups is 1. The van der Waals surface area contributed by atoms with Gasteiger partial charge in [-0.25, -0.2) is 14.2 Å². The van der Waals surface area contributed by atoms with E-state index in [4.69, 9.17) is 14.2 Å². The van der Waals surface area contributed by atoms with Crippen LogP contribution >= 0.6 is 0 Å². The van der Waals surface area contributed by atoms with Crippen LogP contribution in [0.25, 0.3) is 11.1 Å². The Balaban J connectivity index is 1.25. The highest BCUT2D eigenvalue weighted by molar-refractivity contribution is 5.96. The number of alkyl carbamates (subject to hydrolysis) is 1. The number of hydrogen-bond acceptors (Lipinski definition) is 8. The van der Waals surface area contributed by atoms with Crippen LogP contribution in [-0.4, -0.2) is 71.0 Å². The van der Waals surface area contributed by atoms with Gasteiger partial charge in [0.15, 0.2) is 0 Å². The van der Waals surface area contributed by atoms with Crippen LogP contribution in [0.2, 0.25) is 0 Å². The number of benzene rings is 2. The van der Waals surface area contributed by atoms with Crippen molar-refractivity contribution < 1.29 is 33.3 Å². The average Bonchev–Trinajstić information content (AvgIpc) is 2.99. The molecule has 45 heavy (non-hydrogen) atoms. The van der Waals surface area contributed by atoms with Crippen LogP contribution in [0.3, 0.4) is 0 Å². The molecule has 2 fully saturated rings. The van der Waals surface area contributed by atoms with E-state index in [0.29, 0.717) is 51.2 Å². The third-order valence-corrected chi connectivity index (χ3v) is 7.79. The number of nitrogens with zero attached hydrogens (tertiary/aromatic N) is 2. The second-order valence-electron chi connectivity index (χ2n) is 12.5. The molecule has 1 aliphatic heterocycles. The van der Waals surface area contributed by atoms with Crippen molar-refractivity contribution in [2.75, 3.05) is 26.3 Å². The molecule has 10 nitrogen and oxygen atoms in total. The zero-order chi connectivity index (χ0) is 32.0. The topological polar surface area (TPSA) is 122 Å². The summed E-state index contributed by atoms with van der Waals surface area (Å²) in [5.41, 5.74) is 2.18. The summed E-state index contributed by atoms with van der Waals surface area (Å²) in [4.78, 5) is 31.8. The number of morpholine rings is 1. The monoisotopic (exact) mass is 620 g/mol. The van der Waals surface area contributed by atoms with Crippen molar-refractivity contribution in [1.29, 1.82) is 0 Å². The number of phenolic OH excluding ortho intramolecular Hbond substituents is 1. The highest BCUT2D eigenvalue weighted by Crippen LogP contribution is 2.33. The molecule has 0 atom stereocenters. The van der Waals surface area contributed by atoms with Crippen LogP contribution in [0.1, 0.15) is 62.4 Å². The van der Waals surface area contributed by atoms with Gasteiger partial charge >= 0.3 is 6.09 Å². The maximum Gasteiger partial charge on any atom is 0.407 e. The number of carbonyl (C=O) groups is 2. The molecule has 1 aliphatic carbocycles. The number of rotatable bonds is 8. The molecule has 1 saturated carbocycles. The molecule has 1 aromatic heterocycles. The zero-order valence-corrected chi connectivity index (χ0v) is 26.0. The number of amides is 2. The van der Waals surface area contributed by atoms with Crippen LogP contribution in [0, 0.1) is 5.82 Å². The van der Waals surface area contributed by atoms with Gasteiger partial charge in [0.2, 0.25) is 5.88 Å². The first-order valence-corrected chi connectivity index (χ1v) is 15.4. The smallest absolute Gasteiger partial charge is 0.407 e. The Morgan fingerprint density at radius 2 is 1.73 bits per heavy atom. The number of phenols is 1. The van der Waals surface area contributed by atoms with E-state index in [2.05, 4.69) is 20.5 Å². The van der Waals surface area contributed by atoms with Crippen LogP contribution in [0.15, 0.2) is 54.7 Å². The van der Waals surface area contributed by atoms with Crippen molar-refractivity contribution in [2.24, 2.45) is 0 Å². The van der Waals surface area contributed by atoms with E-state index < -0.39 is 23.4 Å². The van der Waals surface area contributed by atoms with Gasteiger partial charge in [-0.1, -0.05) is 18.2 Å². The standard InChI is InChI=1S/C34H41FN4O6/c1-34(2,3)45-33(42)38-26-9-7-25(8-10-26)37-31(41)30-19-24(35)20-36-32(30)44-28-6-4-5-22(18-28)29-12-11-27(40)17-23(29)21-39-13-15-43-16-14-39/h4-6,11-12,17-20,25-26,40H,7-10,13-16,21H2,1-3H3,(H,37,41)(H,38,42). The molecule has 2 heterocycles. The summed E-state index contributed by atoms with van der Waals surface area (Å²) in [6.45, 7) is 9.06. The lowest BCUT2D eigenvalue weighted by atomic mass is 9.91. The minimum Gasteiger partial charge on any atom is -0.508 e. The summed E-state index contributed by atoms with van der Waals surface area (Å²) in [5, 5.41) is 16.1. The van der Waals surface area contributed by atoms with Crippen LogP contribution < -0.4 is 15.4 Å². The fourth-order valence-electron chi connectivity index (χ4n) is 5.62. The summed E-state index contributed by atoms with van der Waals surface area (Å²) in [6, 6.07) is 13.6. The van der Waals surface area contributed by atoms with Gasteiger partial charge in [0, 0.05) is 31.7 Å². The maximum absolute atomic E-state index is 14.3. The fourth-order valence-corrected chi connectivity index (χ4v) is 5.62. The van der Waals surface area contributed by atoms with E-state index in [1.54, 1.807) is 18.2 Å². The van der Waals surface area contributed by atoms with Crippen molar-refractivity contribution in [3.8, 4) is 28.5 Å². The molecular formula is C34H41FN4O6. The number of pyridine rings is 1. The Hall–Kier alpha value is -4.22. The summed E-state index contributed by atoms with van der Waals surface area (Å²) in [7, 11) is 0. The molecule has 240 valence electrons. The van der Waals surface area contributed by atoms with Gasteiger partial charge in [-0.2, -0.15) is 0 Å². The van der Waals surface area contributed by atoms with Gasteiger partial charge < -0.3 is 30.0 Å². The molecule has 5 rings (SSSR count). The van der Waals surface area contributed by atoms with Crippen molar-refractivity contribution in [1.82, 2.24) is 20.5 Å². The molecule has 0 spiro atoms. The van der Waals surface area contributed by atoms with Crippen molar-refractivity contribution >= 4 is 12.0 Å². The molecule has 11 heteroatoms. The van der Waals surface area contributed by atoms with E-state index >= 15 is 0 Å². The van der Waals surface area contributed by atoms with Gasteiger partial charge in [0.1, 0.15) is 28.5 Å². The van der Waals surface area contributed by atoms with Crippen molar-refractivity contribution in [3.05, 3.63) is 71.7 Å². The third-order valence-electron chi connectivity index (χ3n) is 7.79. The molecule has 0 bridgehead atoms. The van der Waals surface area contributed by atoms with Gasteiger partial charge in [0.25, 0.3) is 5.91 Å². The summed E-state index contributed by atoms with van der Waals surface area (Å²) in [5.74, 6) is -0.523. The summed E-state index contributed by atoms with van der Waals surface area (Å²) < 4.78 is 31.2. The number of ether oxygens (including phenoxy) is 3. The number of aromatic nitrogens is 1. The number of hydrogen-bond donors (Lipinski definition) is 3. The number of carbonyl (C=O) groups excluding carboxylic acids is 2. The Morgan fingerprint density at radius 1 is 1.02 bits per heavy atom. The Morgan fingerprint density at radius 3 is 2.44 bits per heavy atom. The fraction of sp³-hybridized carbons (Fsp3) is 0.441. The predicted octanol–water partition coefficient (Wildman–Crippen LogP) is 5.78. The van der Waals surface area contributed by atoms with Crippen molar-refractivity contribution in [2.45, 2.75) is 70.7 Å². The lowest BCUT2D eigenvalue weighted by molar-refractivity contribution is 0.0342. The minimum atomic E-state index is -0.650. The molecule has 1 saturated heterocycles. The largest absolute Gasteiger partial charge is 0.508 e. The molecule has 2 amide bonds. The van der Waals surface area contributed by atoms with Gasteiger partial charge in [-0.3, -0.25) is 9.69 Å². The summed E-state index contributed by atoms with van der Waals surface area (Å²) >= 11 is 0. The van der Waals surface area contributed by atoms with Crippen molar-refractivity contribution in [3.63, 3.8) is 0 Å². The molecule has 0 unspecified atom stereocenters. The first kappa shape index (κ1) is 32.2. The Bertz CT molecular complexity index is 1500. The summed E-state index contributed by atoms with van der Waals surface area (Å²) in [6.07, 6.45) is 3.20. The lowest BCUT2D eigenvalue weighted by Gasteiger charge is -2.30. The minimum absolute atomic E-state index is 0.00736. The van der Waals surface area contributed by atoms with E-state index in [-0.39, 0.29) is 29.3 Å². The van der Waals surface area contributed by atoms with Gasteiger partial charge in [-0.15, -0.1) is 0 Å². The molecule has 3 N–H and O–H groups in total. The zero-order valence-electron chi connectivity index (χ0n) is 26.0. The van der Waals surface area contributed by atoms with Crippen LogP contribution in [-0.2, 0) is 16.0 Å². The second-order valence-corrected chi connectivity index (χ2v) is 12.5. The van der Waals surface area contributed by atoms with E-state index in [1.807, 2.05) is 45.0 Å². The highest BCUT2D eigenvalue weighted by Gasteiger charge is 2.27. The highest BCUT2D eigenvalue weighted by atomic mass is 19.1. The Kier molecular flexibility index (Phi) is 10.2. The number of nitrogens with one attached hydrogen (secondary N) is 2. The quantitative estimate of drug-likeness (QED) is 0.290. The average molecular weight is 621 g/mol. The molecular weight excluding hydrogens is 579 g/mol. The number of halogens is 1. The second kappa shape index (κ2) is 14.3. The third kappa shape index (κ3) is 9.15. The first-order chi connectivity index (χ1) is 21.5. The Labute approximate surface area is 262 Å². The van der Waals surface area contributed by atoms with E-state index in [1.165, 1.54) is 0 Å².